The van der Waals surface area contributed by atoms with Crippen molar-refractivity contribution in [2.75, 3.05) is 27.2 Å². The number of aromatic nitrogens is 1. The monoisotopic (exact) mass is 221 g/mol. The third-order valence-electron chi connectivity index (χ3n) is 2.47. The molecule has 1 aromatic rings. The van der Waals surface area contributed by atoms with Gasteiger partial charge in [-0.1, -0.05) is 6.07 Å². The molecule has 0 bridgehead atoms. The highest BCUT2D eigenvalue weighted by atomic mass is 15.1. The number of aryl methyl sites for hydroxylation is 1. The second-order valence-corrected chi connectivity index (χ2v) is 4.54. The van der Waals surface area contributed by atoms with Gasteiger partial charge in [0.15, 0.2) is 0 Å². The second-order valence-electron chi connectivity index (χ2n) is 4.54. The number of likely N-dealkylation sites (N-methyl/N-ethyl adjacent to an activating group) is 1. The Morgan fingerprint density at radius 2 is 2.19 bits per heavy atom. The maximum atomic E-state index is 4.31. The SMILES string of the molecule is CC(CN(C)C)NCCCc1ccccn1. The van der Waals surface area contributed by atoms with Gasteiger partial charge in [0.2, 0.25) is 0 Å². The average Bonchev–Trinajstić information content (AvgIpc) is 2.25. The number of pyridine rings is 1. The highest BCUT2D eigenvalue weighted by Gasteiger charge is 2.01. The van der Waals surface area contributed by atoms with Crippen molar-refractivity contribution in [2.24, 2.45) is 0 Å². The van der Waals surface area contributed by atoms with E-state index in [1.54, 1.807) is 0 Å². The van der Waals surface area contributed by atoms with Gasteiger partial charge in [-0.05, 0) is 52.5 Å². The predicted molar refractivity (Wildman–Crippen MR) is 68.6 cm³/mol. The van der Waals surface area contributed by atoms with Gasteiger partial charge in [0, 0.05) is 24.5 Å². The fourth-order valence-corrected chi connectivity index (χ4v) is 1.78. The number of rotatable bonds is 7. The van der Waals surface area contributed by atoms with Gasteiger partial charge in [-0.3, -0.25) is 4.98 Å². The molecule has 90 valence electrons. The number of nitrogens with one attached hydrogen (secondary N) is 1. The molecule has 0 amide bonds. The first-order valence-corrected chi connectivity index (χ1v) is 5.96. The number of nitrogens with zero attached hydrogens (tertiary/aromatic N) is 2. The summed E-state index contributed by atoms with van der Waals surface area (Å²) in [5, 5.41) is 3.51. The van der Waals surface area contributed by atoms with Crippen molar-refractivity contribution >= 4 is 0 Å². The Morgan fingerprint density at radius 1 is 1.38 bits per heavy atom. The molecule has 0 spiro atoms. The number of hydrogen-bond donors (Lipinski definition) is 1. The standard InChI is InChI=1S/C13H23N3/c1-12(11-16(2)3)14-10-6-8-13-7-4-5-9-15-13/h4-5,7,9,12,14H,6,8,10-11H2,1-3H3. The van der Waals surface area contributed by atoms with Gasteiger partial charge < -0.3 is 10.2 Å². The van der Waals surface area contributed by atoms with E-state index in [0.717, 1.165) is 25.9 Å². The fraction of sp³-hybridized carbons (Fsp3) is 0.615. The molecule has 0 aliphatic carbocycles. The number of hydrogen-bond acceptors (Lipinski definition) is 3. The third kappa shape index (κ3) is 5.83. The van der Waals surface area contributed by atoms with Crippen LogP contribution in [0.2, 0.25) is 0 Å². The summed E-state index contributed by atoms with van der Waals surface area (Å²) in [5.41, 5.74) is 1.18. The van der Waals surface area contributed by atoms with Crippen LogP contribution in [0.3, 0.4) is 0 Å². The molecule has 1 unspecified atom stereocenters. The molecule has 0 saturated carbocycles. The minimum Gasteiger partial charge on any atom is -0.313 e. The van der Waals surface area contributed by atoms with Crippen molar-refractivity contribution in [3.63, 3.8) is 0 Å². The molecule has 0 aliphatic heterocycles. The summed E-state index contributed by atoms with van der Waals surface area (Å²) in [5.74, 6) is 0. The Kier molecular flexibility index (Phi) is 6.04. The Hall–Kier alpha value is -0.930. The van der Waals surface area contributed by atoms with E-state index in [1.165, 1.54) is 5.69 Å². The molecule has 0 radical (unpaired) electrons. The summed E-state index contributed by atoms with van der Waals surface area (Å²) in [6, 6.07) is 6.65. The van der Waals surface area contributed by atoms with Gasteiger partial charge in [0.25, 0.3) is 0 Å². The normalized spacial score (nSPS) is 13.0. The molecule has 1 aromatic heterocycles. The highest BCUT2D eigenvalue weighted by molar-refractivity contribution is 5.03. The van der Waals surface area contributed by atoms with Crippen LogP contribution in [0.4, 0.5) is 0 Å². The summed E-state index contributed by atoms with van der Waals surface area (Å²) >= 11 is 0. The lowest BCUT2D eigenvalue weighted by molar-refractivity contribution is 0.349. The molecule has 3 heteroatoms. The summed E-state index contributed by atoms with van der Waals surface area (Å²) in [4.78, 5) is 6.51. The summed E-state index contributed by atoms with van der Waals surface area (Å²) in [6.07, 6.45) is 4.06. The summed E-state index contributed by atoms with van der Waals surface area (Å²) in [7, 11) is 4.21. The maximum absolute atomic E-state index is 4.31. The zero-order chi connectivity index (χ0) is 11.8. The Labute approximate surface area is 98.9 Å². The quantitative estimate of drug-likeness (QED) is 0.708. The van der Waals surface area contributed by atoms with E-state index in [9.17, 15) is 0 Å². The van der Waals surface area contributed by atoms with E-state index < -0.39 is 0 Å². The molecule has 1 N–H and O–H groups in total. The summed E-state index contributed by atoms with van der Waals surface area (Å²) in [6.45, 7) is 4.37. The highest BCUT2D eigenvalue weighted by Crippen LogP contribution is 1.97. The molecule has 0 saturated heterocycles. The molecule has 0 aromatic carbocycles. The first-order valence-electron chi connectivity index (χ1n) is 5.96. The van der Waals surface area contributed by atoms with Crippen LogP contribution in [0, 0.1) is 0 Å². The van der Waals surface area contributed by atoms with Gasteiger partial charge in [-0.2, -0.15) is 0 Å². The van der Waals surface area contributed by atoms with Gasteiger partial charge in [-0.15, -0.1) is 0 Å². The van der Waals surface area contributed by atoms with Crippen LogP contribution < -0.4 is 5.32 Å². The Balaban J connectivity index is 2.08. The van der Waals surface area contributed by atoms with Crippen LogP contribution in [0.5, 0.6) is 0 Å². The van der Waals surface area contributed by atoms with Crippen molar-refractivity contribution in [2.45, 2.75) is 25.8 Å². The van der Waals surface area contributed by atoms with Crippen molar-refractivity contribution in [1.82, 2.24) is 15.2 Å². The van der Waals surface area contributed by atoms with Crippen LogP contribution in [-0.2, 0) is 6.42 Å². The van der Waals surface area contributed by atoms with Crippen molar-refractivity contribution in [1.29, 1.82) is 0 Å². The largest absolute Gasteiger partial charge is 0.313 e. The lowest BCUT2D eigenvalue weighted by Crippen LogP contribution is -2.36. The van der Waals surface area contributed by atoms with E-state index in [0.29, 0.717) is 6.04 Å². The second kappa shape index (κ2) is 7.36. The zero-order valence-electron chi connectivity index (χ0n) is 10.6. The molecule has 1 atom stereocenters. The lowest BCUT2D eigenvalue weighted by atomic mass is 10.2. The first-order chi connectivity index (χ1) is 7.68. The molecule has 0 fully saturated rings. The average molecular weight is 221 g/mol. The smallest absolute Gasteiger partial charge is 0.0404 e. The van der Waals surface area contributed by atoms with Crippen LogP contribution in [0.1, 0.15) is 19.0 Å². The molecule has 0 aliphatic rings. The van der Waals surface area contributed by atoms with E-state index in [2.05, 4.69) is 42.3 Å². The zero-order valence-corrected chi connectivity index (χ0v) is 10.6. The fourth-order valence-electron chi connectivity index (χ4n) is 1.78. The molecule has 1 heterocycles. The van der Waals surface area contributed by atoms with Gasteiger partial charge >= 0.3 is 0 Å². The van der Waals surface area contributed by atoms with Crippen molar-refractivity contribution in [3.05, 3.63) is 30.1 Å². The van der Waals surface area contributed by atoms with Crippen LogP contribution in [0.15, 0.2) is 24.4 Å². The van der Waals surface area contributed by atoms with E-state index >= 15 is 0 Å². The van der Waals surface area contributed by atoms with Crippen molar-refractivity contribution in [3.8, 4) is 0 Å². The van der Waals surface area contributed by atoms with Crippen molar-refractivity contribution < 1.29 is 0 Å². The third-order valence-corrected chi connectivity index (χ3v) is 2.47. The molecular formula is C13H23N3. The van der Waals surface area contributed by atoms with Crippen LogP contribution in [0.25, 0.3) is 0 Å². The molecule has 1 rings (SSSR count). The van der Waals surface area contributed by atoms with Gasteiger partial charge in [0.05, 0.1) is 0 Å². The van der Waals surface area contributed by atoms with E-state index in [1.807, 2.05) is 18.3 Å². The molecule has 3 nitrogen and oxygen atoms in total. The van der Waals surface area contributed by atoms with Crippen LogP contribution in [-0.4, -0.2) is 43.1 Å². The summed E-state index contributed by atoms with van der Waals surface area (Å²) < 4.78 is 0. The topological polar surface area (TPSA) is 28.2 Å². The van der Waals surface area contributed by atoms with E-state index in [-0.39, 0.29) is 0 Å². The Morgan fingerprint density at radius 3 is 2.81 bits per heavy atom. The van der Waals surface area contributed by atoms with Gasteiger partial charge in [-0.25, -0.2) is 0 Å². The predicted octanol–water partition coefficient (Wildman–Crippen LogP) is 1.55. The lowest BCUT2D eigenvalue weighted by Gasteiger charge is -2.18. The first kappa shape index (κ1) is 13.1. The minimum absolute atomic E-state index is 0.554. The molecular weight excluding hydrogens is 198 g/mol. The van der Waals surface area contributed by atoms with E-state index in [4.69, 9.17) is 0 Å². The van der Waals surface area contributed by atoms with Gasteiger partial charge in [0.1, 0.15) is 0 Å². The van der Waals surface area contributed by atoms with Crippen LogP contribution >= 0.6 is 0 Å². The minimum atomic E-state index is 0.554. The maximum Gasteiger partial charge on any atom is 0.0404 e. The molecule has 16 heavy (non-hydrogen) atoms. The Bertz CT molecular complexity index is 272.